The average molecular weight is 279 g/mol. The number of aliphatic carboxylic acids is 1. The van der Waals surface area contributed by atoms with Crippen LogP contribution in [0.2, 0.25) is 0 Å². The quantitative estimate of drug-likeness (QED) is 0.849. The minimum atomic E-state index is -1.10. The molecule has 1 fully saturated rings. The van der Waals surface area contributed by atoms with Crippen molar-refractivity contribution in [2.45, 2.75) is 25.5 Å². The van der Waals surface area contributed by atoms with Gasteiger partial charge in [-0.2, -0.15) is 0 Å². The van der Waals surface area contributed by atoms with Gasteiger partial charge in [-0.3, -0.25) is 4.79 Å². The number of amides is 1. The first-order valence-electron chi connectivity index (χ1n) is 6.47. The molecule has 1 aromatic carbocycles. The first kappa shape index (κ1) is 14.3. The number of carbonyl (C=O) groups is 2. The summed E-state index contributed by atoms with van der Waals surface area (Å²) in [5, 5.41) is 18.7. The van der Waals surface area contributed by atoms with Crippen molar-refractivity contribution in [3.05, 3.63) is 29.8 Å². The summed E-state index contributed by atoms with van der Waals surface area (Å²) < 4.78 is 5.32. The minimum Gasteiger partial charge on any atom is -0.494 e. The van der Waals surface area contributed by atoms with Crippen molar-refractivity contribution in [1.29, 1.82) is 0 Å². The molecule has 6 nitrogen and oxygen atoms in total. The van der Waals surface area contributed by atoms with Crippen LogP contribution < -0.4 is 4.74 Å². The molecule has 1 aliphatic heterocycles. The number of rotatable bonds is 4. The third-order valence-corrected chi connectivity index (χ3v) is 3.22. The predicted molar refractivity (Wildman–Crippen MR) is 70.7 cm³/mol. The molecule has 2 N–H and O–H groups in total. The molecule has 0 aromatic heterocycles. The molecule has 2 rings (SSSR count). The largest absolute Gasteiger partial charge is 0.494 e. The Kier molecular flexibility index (Phi) is 4.24. The number of carboxylic acids is 1. The van der Waals surface area contributed by atoms with Gasteiger partial charge in [-0.25, -0.2) is 4.79 Å². The lowest BCUT2D eigenvalue weighted by Gasteiger charge is -2.21. The highest BCUT2D eigenvalue weighted by molar-refractivity contribution is 5.97. The van der Waals surface area contributed by atoms with Crippen LogP contribution in [0.15, 0.2) is 24.3 Å². The molecule has 0 bridgehead atoms. The lowest BCUT2D eigenvalue weighted by Crippen LogP contribution is -2.40. The van der Waals surface area contributed by atoms with Gasteiger partial charge in [0, 0.05) is 18.5 Å². The highest BCUT2D eigenvalue weighted by Gasteiger charge is 2.39. The number of likely N-dealkylation sites (tertiary alicyclic amines) is 1. The van der Waals surface area contributed by atoms with Crippen molar-refractivity contribution in [2.24, 2.45) is 0 Å². The summed E-state index contributed by atoms with van der Waals surface area (Å²) in [4.78, 5) is 24.7. The van der Waals surface area contributed by atoms with E-state index in [9.17, 15) is 14.7 Å². The van der Waals surface area contributed by atoms with Crippen molar-refractivity contribution < 1.29 is 24.5 Å². The van der Waals surface area contributed by atoms with Crippen molar-refractivity contribution in [3.63, 3.8) is 0 Å². The smallest absolute Gasteiger partial charge is 0.326 e. The van der Waals surface area contributed by atoms with E-state index in [0.717, 1.165) is 0 Å². The highest BCUT2D eigenvalue weighted by atomic mass is 16.5. The number of nitrogens with zero attached hydrogens (tertiary/aromatic N) is 1. The van der Waals surface area contributed by atoms with Gasteiger partial charge in [0.25, 0.3) is 5.91 Å². The monoisotopic (exact) mass is 279 g/mol. The van der Waals surface area contributed by atoms with Gasteiger partial charge >= 0.3 is 5.97 Å². The van der Waals surface area contributed by atoms with E-state index in [2.05, 4.69) is 0 Å². The molecule has 0 radical (unpaired) electrons. The van der Waals surface area contributed by atoms with Crippen LogP contribution in [-0.4, -0.2) is 52.3 Å². The number of hydrogen-bond acceptors (Lipinski definition) is 4. The van der Waals surface area contributed by atoms with Gasteiger partial charge < -0.3 is 19.8 Å². The summed E-state index contributed by atoms with van der Waals surface area (Å²) in [6.45, 7) is 2.36. The fraction of sp³-hybridized carbons (Fsp3) is 0.429. The first-order chi connectivity index (χ1) is 9.52. The summed E-state index contributed by atoms with van der Waals surface area (Å²) in [6, 6.07) is 5.62. The zero-order chi connectivity index (χ0) is 14.7. The summed E-state index contributed by atoms with van der Waals surface area (Å²) in [7, 11) is 0. The Morgan fingerprint density at radius 1 is 1.45 bits per heavy atom. The van der Waals surface area contributed by atoms with Gasteiger partial charge in [-0.1, -0.05) is 6.07 Å². The first-order valence-corrected chi connectivity index (χ1v) is 6.47. The molecule has 1 amide bonds. The van der Waals surface area contributed by atoms with Crippen molar-refractivity contribution in [3.8, 4) is 5.75 Å². The Balaban J connectivity index is 2.21. The van der Waals surface area contributed by atoms with E-state index in [4.69, 9.17) is 9.84 Å². The normalized spacial score (nSPS) is 21.8. The summed E-state index contributed by atoms with van der Waals surface area (Å²) in [5.41, 5.74) is 0.358. The Bertz CT molecular complexity index is 516. The van der Waals surface area contributed by atoms with E-state index in [1.54, 1.807) is 24.3 Å². The minimum absolute atomic E-state index is 0.0364. The predicted octanol–water partition coefficient (Wildman–Crippen LogP) is 0.745. The van der Waals surface area contributed by atoms with Crippen LogP contribution in [0.5, 0.6) is 5.75 Å². The van der Waals surface area contributed by atoms with Crippen LogP contribution in [-0.2, 0) is 4.79 Å². The molecular weight excluding hydrogens is 262 g/mol. The van der Waals surface area contributed by atoms with Gasteiger partial charge in [-0.15, -0.1) is 0 Å². The fourth-order valence-electron chi connectivity index (χ4n) is 2.32. The van der Waals surface area contributed by atoms with E-state index in [1.165, 1.54) is 4.90 Å². The third-order valence-electron chi connectivity index (χ3n) is 3.22. The maximum Gasteiger partial charge on any atom is 0.326 e. The maximum absolute atomic E-state index is 12.4. The zero-order valence-corrected chi connectivity index (χ0v) is 11.2. The molecule has 20 heavy (non-hydrogen) atoms. The van der Waals surface area contributed by atoms with E-state index in [-0.39, 0.29) is 13.0 Å². The molecule has 0 saturated carbocycles. The Morgan fingerprint density at radius 3 is 2.85 bits per heavy atom. The van der Waals surface area contributed by atoms with Gasteiger partial charge in [0.05, 0.1) is 12.7 Å². The van der Waals surface area contributed by atoms with Crippen LogP contribution >= 0.6 is 0 Å². The fourth-order valence-corrected chi connectivity index (χ4v) is 2.32. The second kappa shape index (κ2) is 5.92. The number of β-amino-alcohol motifs (C(OH)–C–C–N with tert-alkyl or cyclic N) is 1. The molecule has 1 aliphatic rings. The van der Waals surface area contributed by atoms with Crippen LogP contribution in [0.25, 0.3) is 0 Å². The van der Waals surface area contributed by atoms with Gasteiger partial charge in [0.1, 0.15) is 11.8 Å². The number of carbonyl (C=O) groups excluding carboxylic acids is 1. The van der Waals surface area contributed by atoms with E-state index < -0.39 is 24.0 Å². The van der Waals surface area contributed by atoms with Crippen molar-refractivity contribution in [1.82, 2.24) is 4.90 Å². The Labute approximate surface area is 116 Å². The van der Waals surface area contributed by atoms with Crippen LogP contribution in [0.1, 0.15) is 23.7 Å². The van der Waals surface area contributed by atoms with Gasteiger partial charge in [0.2, 0.25) is 0 Å². The third kappa shape index (κ3) is 2.91. The van der Waals surface area contributed by atoms with E-state index in [1.807, 2.05) is 6.92 Å². The number of hydrogen-bond donors (Lipinski definition) is 2. The summed E-state index contributed by atoms with van der Waals surface area (Å²) in [6.07, 6.45) is -0.734. The molecule has 1 saturated heterocycles. The lowest BCUT2D eigenvalue weighted by molar-refractivity contribution is -0.141. The number of ether oxygens (including phenoxy) is 1. The van der Waals surface area contributed by atoms with Crippen molar-refractivity contribution >= 4 is 11.9 Å². The van der Waals surface area contributed by atoms with Gasteiger partial charge in [0.15, 0.2) is 0 Å². The molecule has 2 atom stereocenters. The summed E-state index contributed by atoms with van der Waals surface area (Å²) >= 11 is 0. The maximum atomic E-state index is 12.4. The van der Waals surface area contributed by atoms with Gasteiger partial charge in [-0.05, 0) is 25.1 Å². The Morgan fingerprint density at radius 2 is 2.20 bits per heavy atom. The molecule has 0 spiro atoms. The number of carboxylic acid groups (broad SMARTS) is 1. The summed E-state index contributed by atoms with van der Waals surface area (Å²) in [5.74, 6) is -0.948. The van der Waals surface area contributed by atoms with E-state index >= 15 is 0 Å². The molecule has 6 heteroatoms. The number of aliphatic hydroxyl groups excluding tert-OH is 1. The van der Waals surface area contributed by atoms with E-state index in [0.29, 0.717) is 17.9 Å². The number of benzene rings is 1. The standard InChI is InChI=1S/C14H17NO5/c1-2-20-11-5-3-4-9(6-11)13(17)15-8-10(16)7-12(15)14(18)19/h3-6,10,12,16H,2,7-8H2,1H3,(H,18,19)/t10-,12+/m1/s1. The van der Waals surface area contributed by atoms with Crippen LogP contribution in [0.4, 0.5) is 0 Å². The molecule has 1 aromatic rings. The Hall–Kier alpha value is -2.08. The second-order valence-electron chi connectivity index (χ2n) is 4.66. The highest BCUT2D eigenvalue weighted by Crippen LogP contribution is 2.22. The number of aliphatic hydroxyl groups is 1. The molecule has 1 heterocycles. The molecule has 0 aliphatic carbocycles. The van der Waals surface area contributed by atoms with Crippen LogP contribution in [0.3, 0.4) is 0 Å². The molecule has 0 unspecified atom stereocenters. The second-order valence-corrected chi connectivity index (χ2v) is 4.66. The molecular formula is C14H17NO5. The molecule has 108 valence electrons. The van der Waals surface area contributed by atoms with Crippen LogP contribution in [0, 0.1) is 0 Å². The average Bonchev–Trinajstić information content (AvgIpc) is 2.81. The zero-order valence-electron chi connectivity index (χ0n) is 11.2. The van der Waals surface area contributed by atoms with Crippen molar-refractivity contribution in [2.75, 3.05) is 13.2 Å². The lowest BCUT2D eigenvalue weighted by atomic mass is 10.1. The SMILES string of the molecule is CCOc1cccc(C(=O)N2C[C@H](O)C[C@H]2C(=O)O)c1. The topological polar surface area (TPSA) is 87.1 Å².